The van der Waals surface area contributed by atoms with Crippen LogP contribution in [0.3, 0.4) is 0 Å². The summed E-state index contributed by atoms with van der Waals surface area (Å²) in [4.78, 5) is 20.2. The second kappa shape index (κ2) is 10.5. The molecule has 2 aromatic heterocycles. The first kappa shape index (κ1) is 23.5. The topological polar surface area (TPSA) is 85.4 Å². The van der Waals surface area contributed by atoms with Crippen molar-refractivity contribution in [2.45, 2.75) is 40.8 Å². The van der Waals surface area contributed by atoms with Crippen LogP contribution in [0.1, 0.15) is 41.2 Å². The van der Waals surface area contributed by atoms with E-state index >= 15 is 0 Å². The zero-order valence-electron chi connectivity index (χ0n) is 20.2. The highest BCUT2D eigenvalue weighted by Crippen LogP contribution is 2.22. The number of amides is 1. The van der Waals surface area contributed by atoms with E-state index in [1.807, 2.05) is 44.2 Å². The van der Waals surface area contributed by atoms with Crippen molar-refractivity contribution in [2.24, 2.45) is 0 Å². The van der Waals surface area contributed by atoms with E-state index in [2.05, 4.69) is 38.8 Å². The average molecular weight is 462 g/mol. The molecule has 1 N–H and O–H groups in total. The number of hydrogen-bond donors (Lipinski definition) is 1. The first-order valence-corrected chi connectivity index (χ1v) is 11.6. The lowest BCUT2D eigenvalue weighted by atomic mass is 10.2. The number of carbonyl (C=O) groups excluding carboxylic acids is 1. The summed E-state index contributed by atoms with van der Waals surface area (Å²) in [6.45, 7) is 11.9. The van der Waals surface area contributed by atoms with Gasteiger partial charge in [-0.2, -0.15) is 0 Å². The van der Waals surface area contributed by atoms with Gasteiger partial charge in [0.05, 0.1) is 22.3 Å². The van der Waals surface area contributed by atoms with E-state index in [9.17, 15) is 4.79 Å². The number of likely N-dealkylation sites (N-methyl/N-ethyl adjacent to an activating group) is 1. The third kappa shape index (κ3) is 5.12. The molecule has 2 heterocycles. The molecule has 178 valence electrons. The Morgan fingerprint density at radius 2 is 1.91 bits per heavy atom. The number of imidazole rings is 1. The molecular weight excluding hydrogens is 430 g/mol. The molecule has 8 heteroatoms. The largest absolute Gasteiger partial charge is 0.489 e. The van der Waals surface area contributed by atoms with E-state index in [0.29, 0.717) is 23.9 Å². The number of anilines is 1. The molecule has 0 unspecified atom stereocenters. The van der Waals surface area contributed by atoms with Crippen molar-refractivity contribution in [3.05, 3.63) is 71.1 Å². The zero-order valence-corrected chi connectivity index (χ0v) is 20.2. The monoisotopic (exact) mass is 461 g/mol. The average Bonchev–Trinajstić information content (AvgIpc) is 3.37. The van der Waals surface area contributed by atoms with E-state index in [4.69, 9.17) is 9.26 Å². The molecule has 8 nitrogen and oxygen atoms in total. The summed E-state index contributed by atoms with van der Waals surface area (Å²) in [5, 5.41) is 6.96. The van der Waals surface area contributed by atoms with Gasteiger partial charge in [0.2, 0.25) is 5.95 Å². The van der Waals surface area contributed by atoms with E-state index in [1.54, 1.807) is 18.2 Å². The molecule has 0 aliphatic rings. The summed E-state index contributed by atoms with van der Waals surface area (Å²) >= 11 is 0. The van der Waals surface area contributed by atoms with Gasteiger partial charge in [-0.15, -0.1) is 0 Å². The Bertz CT molecular complexity index is 1250. The predicted octanol–water partition coefficient (Wildman–Crippen LogP) is 4.81. The number of nitrogens with one attached hydrogen (secondary N) is 1. The van der Waals surface area contributed by atoms with Gasteiger partial charge >= 0.3 is 0 Å². The molecule has 4 rings (SSSR count). The molecule has 0 atom stereocenters. The molecule has 0 aliphatic carbocycles. The molecule has 0 spiro atoms. The SMILES string of the molecule is CCN(CC)CCn1c(NC(=O)c2cccc(OCc3c(C)noc3C)c2)nc2ccccc21. The second-order valence-corrected chi connectivity index (χ2v) is 8.18. The molecule has 4 aromatic rings. The van der Waals surface area contributed by atoms with Crippen LogP contribution in [0.5, 0.6) is 5.75 Å². The van der Waals surface area contributed by atoms with Gasteiger partial charge in [-0.3, -0.25) is 10.1 Å². The smallest absolute Gasteiger partial charge is 0.258 e. The minimum atomic E-state index is -0.234. The van der Waals surface area contributed by atoms with E-state index in [-0.39, 0.29) is 5.91 Å². The lowest BCUT2D eigenvalue weighted by Crippen LogP contribution is -2.27. The van der Waals surface area contributed by atoms with E-state index in [0.717, 1.165) is 54.2 Å². The van der Waals surface area contributed by atoms with Gasteiger partial charge in [0, 0.05) is 18.7 Å². The van der Waals surface area contributed by atoms with Gasteiger partial charge in [0.25, 0.3) is 5.91 Å². The molecule has 34 heavy (non-hydrogen) atoms. The van der Waals surface area contributed by atoms with Crippen LogP contribution in [-0.4, -0.2) is 45.1 Å². The van der Waals surface area contributed by atoms with Crippen LogP contribution >= 0.6 is 0 Å². The fraction of sp³-hybridized carbons (Fsp3) is 0.346. The van der Waals surface area contributed by atoms with Crippen LogP contribution in [0, 0.1) is 13.8 Å². The van der Waals surface area contributed by atoms with Crippen LogP contribution < -0.4 is 10.1 Å². The quantitative estimate of drug-likeness (QED) is 0.365. The molecule has 0 fully saturated rings. The fourth-order valence-electron chi connectivity index (χ4n) is 3.94. The Kier molecular flexibility index (Phi) is 7.27. The number of fused-ring (bicyclic) bond motifs is 1. The number of benzene rings is 2. The van der Waals surface area contributed by atoms with E-state index in [1.165, 1.54) is 0 Å². The number of ether oxygens (including phenoxy) is 1. The van der Waals surface area contributed by atoms with Gasteiger partial charge in [-0.25, -0.2) is 4.98 Å². The Hall–Kier alpha value is -3.65. The van der Waals surface area contributed by atoms with Crippen molar-refractivity contribution in [2.75, 3.05) is 25.0 Å². The molecule has 0 saturated heterocycles. The van der Waals surface area contributed by atoms with Crippen LogP contribution in [0.25, 0.3) is 11.0 Å². The molecule has 0 bridgehead atoms. The van der Waals surface area contributed by atoms with E-state index < -0.39 is 0 Å². The highest BCUT2D eigenvalue weighted by Gasteiger charge is 2.16. The normalized spacial score (nSPS) is 11.3. The van der Waals surface area contributed by atoms with Gasteiger partial charge in [0.1, 0.15) is 18.1 Å². The second-order valence-electron chi connectivity index (χ2n) is 8.18. The van der Waals surface area contributed by atoms with Crippen LogP contribution in [0.15, 0.2) is 53.1 Å². The summed E-state index contributed by atoms with van der Waals surface area (Å²) in [5.41, 5.74) is 4.07. The van der Waals surface area contributed by atoms with Gasteiger partial charge < -0.3 is 18.7 Å². The summed E-state index contributed by atoms with van der Waals surface area (Å²) in [5.74, 6) is 1.64. The van der Waals surface area contributed by atoms with Crippen LogP contribution in [0.4, 0.5) is 5.95 Å². The third-order valence-corrected chi connectivity index (χ3v) is 6.07. The Balaban J connectivity index is 1.51. The van der Waals surface area contributed by atoms with Crippen molar-refractivity contribution in [1.82, 2.24) is 19.6 Å². The predicted molar refractivity (Wildman–Crippen MR) is 132 cm³/mol. The number of nitrogens with zero attached hydrogens (tertiary/aromatic N) is 4. The maximum absolute atomic E-state index is 13.1. The number of carbonyl (C=O) groups is 1. The van der Waals surface area contributed by atoms with Gasteiger partial charge in [0.15, 0.2) is 0 Å². The summed E-state index contributed by atoms with van der Waals surface area (Å²) < 4.78 is 13.2. The fourth-order valence-corrected chi connectivity index (χ4v) is 3.94. The minimum Gasteiger partial charge on any atom is -0.489 e. The maximum atomic E-state index is 13.1. The molecule has 1 amide bonds. The molecule has 0 saturated carbocycles. The van der Waals surface area contributed by atoms with Crippen molar-refractivity contribution < 1.29 is 14.1 Å². The lowest BCUT2D eigenvalue weighted by molar-refractivity contribution is 0.102. The number of para-hydroxylation sites is 2. The van der Waals surface area contributed by atoms with Crippen molar-refractivity contribution in [3.8, 4) is 5.75 Å². The first-order chi connectivity index (χ1) is 16.5. The zero-order chi connectivity index (χ0) is 24.1. The highest BCUT2D eigenvalue weighted by atomic mass is 16.5. The van der Waals surface area contributed by atoms with Gasteiger partial charge in [-0.05, 0) is 57.3 Å². The minimum absolute atomic E-state index is 0.234. The highest BCUT2D eigenvalue weighted by molar-refractivity contribution is 6.04. The Morgan fingerprint density at radius 3 is 2.65 bits per heavy atom. The molecule has 0 aliphatic heterocycles. The standard InChI is InChI=1S/C26H31N5O3/c1-5-30(6-2)14-15-31-24-13-8-7-12-23(24)27-26(31)28-25(32)20-10-9-11-21(16-20)33-17-22-18(3)29-34-19(22)4/h7-13,16H,5-6,14-15,17H2,1-4H3,(H,27,28,32). The van der Waals surface area contributed by atoms with Crippen molar-refractivity contribution >= 4 is 22.9 Å². The molecular formula is C26H31N5O3. The summed E-state index contributed by atoms with van der Waals surface area (Å²) in [6, 6.07) is 15.1. The first-order valence-electron chi connectivity index (χ1n) is 11.6. The van der Waals surface area contributed by atoms with Gasteiger partial charge in [-0.1, -0.05) is 37.2 Å². The Labute approximate surface area is 199 Å². The Morgan fingerprint density at radius 1 is 1.12 bits per heavy atom. The maximum Gasteiger partial charge on any atom is 0.258 e. The third-order valence-electron chi connectivity index (χ3n) is 6.07. The number of aromatic nitrogens is 3. The number of aryl methyl sites for hydroxylation is 2. The number of hydrogen-bond acceptors (Lipinski definition) is 6. The van der Waals surface area contributed by atoms with Crippen molar-refractivity contribution in [1.29, 1.82) is 0 Å². The lowest BCUT2D eigenvalue weighted by Gasteiger charge is -2.19. The summed E-state index contributed by atoms with van der Waals surface area (Å²) in [7, 11) is 0. The van der Waals surface area contributed by atoms with Crippen molar-refractivity contribution in [3.63, 3.8) is 0 Å². The molecule has 2 aromatic carbocycles. The number of rotatable bonds is 10. The summed E-state index contributed by atoms with van der Waals surface area (Å²) in [6.07, 6.45) is 0. The molecule has 0 radical (unpaired) electrons. The van der Waals surface area contributed by atoms with Crippen LogP contribution in [0.2, 0.25) is 0 Å². The van der Waals surface area contributed by atoms with Crippen LogP contribution in [-0.2, 0) is 13.2 Å².